The zero-order valence-electron chi connectivity index (χ0n) is 15.1. The summed E-state index contributed by atoms with van der Waals surface area (Å²) in [6.45, 7) is 6.90. The molecule has 0 spiro atoms. The summed E-state index contributed by atoms with van der Waals surface area (Å²) >= 11 is 0. The molecule has 3 rings (SSSR count). The third kappa shape index (κ3) is 5.15. The first-order valence-corrected chi connectivity index (χ1v) is 9.46. The first-order valence-electron chi connectivity index (χ1n) is 9.46. The van der Waals surface area contributed by atoms with Crippen molar-refractivity contribution < 1.29 is 9.84 Å². The van der Waals surface area contributed by atoms with E-state index < -0.39 is 0 Å². The van der Waals surface area contributed by atoms with E-state index in [2.05, 4.69) is 31.9 Å². The Morgan fingerprint density at radius 2 is 2.24 bits per heavy atom. The van der Waals surface area contributed by atoms with Crippen LogP contribution >= 0.6 is 0 Å². The summed E-state index contributed by atoms with van der Waals surface area (Å²) in [4.78, 5) is 7.04. The van der Waals surface area contributed by atoms with E-state index in [9.17, 15) is 5.11 Å². The number of hydrogen-bond donors (Lipinski definition) is 2. The van der Waals surface area contributed by atoms with Crippen molar-refractivity contribution in [1.82, 2.24) is 25.0 Å². The van der Waals surface area contributed by atoms with Gasteiger partial charge in [0.25, 0.3) is 0 Å². The van der Waals surface area contributed by atoms with Crippen LogP contribution in [0.3, 0.4) is 0 Å². The van der Waals surface area contributed by atoms with Crippen LogP contribution < -0.4 is 5.32 Å². The third-order valence-corrected chi connectivity index (χ3v) is 4.88. The SMILES string of the molecule is CCc1nncn1CCNC(=NCC1CCCO1)N1CCC(O)CC1. The zero-order valence-corrected chi connectivity index (χ0v) is 15.1. The second-order valence-corrected chi connectivity index (χ2v) is 6.74. The van der Waals surface area contributed by atoms with Crippen molar-refractivity contribution in [3.8, 4) is 0 Å². The van der Waals surface area contributed by atoms with Crippen LogP contribution in [-0.2, 0) is 17.7 Å². The molecule has 3 heterocycles. The topological polar surface area (TPSA) is 87.8 Å². The van der Waals surface area contributed by atoms with Crippen molar-refractivity contribution in [1.29, 1.82) is 0 Å². The Balaban J connectivity index is 1.56. The lowest BCUT2D eigenvalue weighted by Crippen LogP contribution is -2.47. The molecule has 8 nitrogen and oxygen atoms in total. The van der Waals surface area contributed by atoms with Crippen LogP contribution in [0.1, 0.15) is 38.4 Å². The van der Waals surface area contributed by atoms with Gasteiger partial charge in [0.2, 0.25) is 0 Å². The van der Waals surface area contributed by atoms with Gasteiger partial charge in [-0.25, -0.2) is 0 Å². The molecule has 1 aromatic heterocycles. The van der Waals surface area contributed by atoms with Crippen molar-refractivity contribution in [2.75, 3.05) is 32.8 Å². The third-order valence-electron chi connectivity index (χ3n) is 4.88. The molecule has 8 heteroatoms. The zero-order chi connectivity index (χ0) is 17.5. The first kappa shape index (κ1) is 18.1. The molecule has 2 aliphatic heterocycles. The molecular formula is C17H30N6O2. The predicted molar refractivity (Wildman–Crippen MR) is 95.5 cm³/mol. The lowest BCUT2D eigenvalue weighted by molar-refractivity contribution is 0.106. The van der Waals surface area contributed by atoms with E-state index in [1.54, 1.807) is 6.33 Å². The summed E-state index contributed by atoms with van der Waals surface area (Å²) in [5.41, 5.74) is 0. The van der Waals surface area contributed by atoms with Gasteiger partial charge >= 0.3 is 0 Å². The molecule has 0 aliphatic carbocycles. The second kappa shape index (κ2) is 9.15. The minimum atomic E-state index is -0.181. The number of nitrogens with zero attached hydrogens (tertiary/aromatic N) is 5. The van der Waals surface area contributed by atoms with Gasteiger partial charge in [-0.15, -0.1) is 10.2 Å². The van der Waals surface area contributed by atoms with Crippen molar-refractivity contribution in [3.05, 3.63) is 12.2 Å². The van der Waals surface area contributed by atoms with Gasteiger partial charge in [0.05, 0.1) is 18.8 Å². The standard InChI is InChI=1S/C17H30N6O2/c1-2-16-21-20-13-23(16)10-7-18-17(19-12-15-4-3-11-25-15)22-8-5-14(24)6-9-22/h13-15,24H,2-12H2,1H3,(H,18,19). The maximum absolute atomic E-state index is 9.75. The Morgan fingerprint density at radius 3 is 2.96 bits per heavy atom. The highest BCUT2D eigenvalue weighted by molar-refractivity contribution is 5.80. The van der Waals surface area contributed by atoms with Crippen LogP contribution in [-0.4, -0.2) is 75.7 Å². The number of likely N-dealkylation sites (tertiary alicyclic amines) is 1. The number of ether oxygens (including phenoxy) is 1. The number of aromatic nitrogens is 3. The first-order chi connectivity index (χ1) is 12.3. The summed E-state index contributed by atoms with van der Waals surface area (Å²) < 4.78 is 7.76. The van der Waals surface area contributed by atoms with Crippen LogP contribution in [0.4, 0.5) is 0 Å². The van der Waals surface area contributed by atoms with E-state index in [0.29, 0.717) is 6.54 Å². The number of guanidine groups is 1. The summed E-state index contributed by atoms with van der Waals surface area (Å²) in [6.07, 6.45) is 6.54. The molecule has 2 saturated heterocycles. The predicted octanol–water partition coefficient (Wildman–Crippen LogP) is 0.422. The van der Waals surface area contributed by atoms with E-state index in [1.807, 2.05) is 0 Å². The normalized spacial score (nSPS) is 22.6. The molecule has 1 unspecified atom stereocenters. The highest BCUT2D eigenvalue weighted by atomic mass is 16.5. The van der Waals surface area contributed by atoms with E-state index in [-0.39, 0.29) is 12.2 Å². The molecule has 1 atom stereocenters. The minimum absolute atomic E-state index is 0.181. The van der Waals surface area contributed by atoms with Gasteiger partial charge in [0.1, 0.15) is 12.2 Å². The largest absolute Gasteiger partial charge is 0.393 e. The molecule has 0 radical (unpaired) electrons. The molecule has 0 amide bonds. The summed E-state index contributed by atoms with van der Waals surface area (Å²) in [7, 11) is 0. The van der Waals surface area contributed by atoms with Gasteiger partial charge in [0, 0.05) is 39.2 Å². The van der Waals surface area contributed by atoms with E-state index in [1.165, 1.54) is 0 Å². The van der Waals surface area contributed by atoms with E-state index >= 15 is 0 Å². The summed E-state index contributed by atoms with van der Waals surface area (Å²) in [5, 5.41) is 21.3. The lowest BCUT2D eigenvalue weighted by atomic mass is 10.1. The van der Waals surface area contributed by atoms with Gasteiger partial charge in [-0.05, 0) is 25.7 Å². The average molecular weight is 350 g/mol. The van der Waals surface area contributed by atoms with Gasteiger partial charge < -0.3 is 24.6 Å². The summed E-state index contributed by atoms with van der Waals surface area (Å²) in [6, 6.07) is 0. The molecule has 2 fully saturated rings. The molecule has 25 heavy (non-hydrogen) atoms. The number of hydrogen-bond acceptors (Lipinski definition) is 5. The number of aliphatic imine (C=N–C) groups is 1. The fourth-order valence-corrected chi connectivity index (χ4v) is 3.35. The Labute approximate surface area is 149 Å². The lowest BCUT2D eigenvalue weighted by Gasteiger charge is -2.32. The highest BCUT2D eigenvalue weighted by Gasteiger charge is 2.21. The Bertz CT molecular complexity index is 547. The monoisotopic (exact) mass is 350 g/mol. The molecule has 1 aromatic rings. The number of aryl methyl sites for hydroxylation is 1. The maximum Gasteiger partial charge on any atom is 0.194 e. The van der Waals surface area contributed by atoms with Gasteiger partial charge in [-0.3, -0.25) is 4.99 Å². The number of piperidine rings is 1. The maximum atomic E-state index is 9.75. The minimum Gasteiger partial charge on any atom is -0.393 e. The Hall–Kier alpha value is -1.67. The van der Waals surface area contributed by atoms with Crippen molar-refractivity contribution in [3.63, 3.8) is 0 Å². The smallest absolute Gasteiger partial charge is 0.194 e. The van der Waals surface area contributed by atoms with Gasteiger partial charge in [-0.1, -0.05) is 6.92 Å². The molecule has 0 aromatic carbocycles. The second-order valence-electron chi connectivity index (χ2n) is 6.74. The molecule has 140 valence electrons. The van der Waals surface area contributed by atoms with Gasteiger partial charge in [0.15, 0.2) is 5.96 Å². The van der Waals surface area contributed by atoms with Crippen molar-refractivity contribution in [2.45, 2.75) is 57.8 Å². The highest BCUT2D eigenvalue weighted by Crippen LogP contribution is 2.13. The van der Waals surface area contributed by atoms with Crippen LogP contribution in [0.15, 0.2) is 11.3 Å². The number of rotatable bonds is 6. The molecule has 0 saturated carbocycles. The Morgan fingerprint density at radius 1 is 1.40 bits per heavy atom. The van der Waals surface area contributed by atoms with E-state index in [4.69, 9.17) is 9.73 Å². The molecule has 2 N–H and O–H groups in total. The Kier molecular flexibility index (Phi) is 6.63. The van der Waals surface area contributed by atoms with Crippen LogP contribution in [0, 0.1) is 0 Å². The fraction of sp³-hybridized carbons (Fsp3) is 0.824. The number of nitrogens with one attached hydrogen (secondary N) is 1. The molecule has 0 bridgehead atoms. The van der Waals surface area contributed by atoms with Crippen LogP contribution in [0.5, 0.6) is 0 Å². The van der Waals surface area contributed by atoms with Crippen LogP contribution in [0.25, 0.3) is 0 Å². The van der Waals surface area contributed by atoms with Crippen LogP contribution in [0.2, 0.25) is 0 Å². The quantitative estimate of drug-likeness (QED) is 0.571. The van der Waals surface area contributed by atoms with Gasteiger partial charge in [-0.2, -0.15) is 0 Å². The van der Waals surface area contributed by atoms with Crippen molar-refractivity contribution >= 4 is 5.96 Å². The average Bonchev–Trinajstić information content (AvgIpc) is 3.30. The number of aliphatic hydroxyl groups is 1. The molecule has 2 aliphatic rings. The van der Waals surface area contributed by atoms with E-state index in [0.717, 1.165) is 76.7 Å². The number of aliphatic hydroxyl groups excluding tert-OH is 1. The van der Waals surface area contributed by atoms with Crippen molar-refractivity contribution in [2.24, 2.45) is 4.99 Å². The fourth-order valence-electron chi connectivity index (χ4n) is 3.35. The molecular weight excluding hydrogens is 320 g/mol. The summed E-state index contributed by atoms with van der Waals surface area (Å²) in [5.74, 6) is 1.93.